The minimum absolute atomic E-state index is 0.130. The van der Waals surface area contributed by atoms with Gasteiger partial charge in [-0.3, -0.25) is 14.4 Å². The minimum Gasteiger partial charge on any atom is -0.458 e. The van der Waals surface area contributed by atoms with Gasteiger partial charge in [0.05, 0.1) is 6.10 Å². The van der Waals surface area contributed by atoms with Crippen molar-refractivity contribution in [3.8, 4) is 0 Å². The number of unbranched alkanes of at least 4 members (excludes halogenated alkanes) is 2. The molecule has 39 heavy (non-hydrogen) atoms. The van der Waals surface area contributed by atoms with E-state index in [1.807, 2.05) is 6.92 Å². The predicted molar refractivity (Wildman–Crippen MR) is 141 cm³/mol. The summed E-state index contributed by atoms with van der Waals surface area (Å²) in [7, 11) is 0. The Morgan fingerprint density at radius 1 is 1.21 bits per heavy atom. The van der Waals surface area contributed by atoms with Crippen molar-refractivity contribution in [3.05, 3.63) is 23.8 Å². The van der Waals surface area contributed by atoms with Gasteiger partial charge in [0.25, 0.3) is 0 Å². The number of esters is 1. The van der Waals surface area contributed by atoms with Gasteiger partial charge >= 0.3 is 12.1 Å². The second-order valence-electron chi connectivity index (χ2n) is 12.4. The Balaban J connectivity index is 1.74. The molecule has 3 saturated carbocycles. The number of alkyl carbamates (subject to hydrolysis) is 1. The zero-order chi connectivity index (χ0) is 28.8. The molecule has 4 rings (SSSR count). The number of nitrogens with one attached hydrogen (secondary N) is 1. The van der Waals surface area contributed by atoms with E-state index < -0.39 is 70.4 Å². The summed E-state index contributed by atoms with van der Waals surface area (Å²) in [5, 5.41) is 14.4. The maximum absolute atomic E-state index is 17.5. The Morgan fingerprint density at radius 3 is 2.59 bits per heavy atom. The monoisotopic (exact) mass is 547 g/mol. The van der Waals surface area contributed by atoms with E-state index in [1.54, 1.807) is 26.8 Å². The summed E-state index contributed by atoms with van der Waals surface area (Å²) in [6.07, 6.45) is 5.99. The van der Waals surface area contributed by atoms with E-state index in [1.165, 1.54) is 19.1 Å². The van der Waals surface area contributed by atoms with Gasteiger partial charge in [-0.1, -0.05) is 45.3 Å². The van der Waals surface area contributed by atoms with Crippen LogP contribution in [-0.4, -0.2) is 59.3 Å². The first-order valence-electron chi connectivity index (χ1n) is 14.2. The van der Waals surface area contributed by atoms with Gasteiger partial charge in [-0.05, 0) is 57.1 Å². The second-order valence-corrected chi connectivity index (χ2v) is 12.4. The molecular formula is C30H42FNO7. The number of carbonyl (C=O) groups excluding carboxylic acids is 4. The summed E-state index contributed by atoms with van der Waals surface area (Å²) < 4.78 is 28.6. The number of rotatable bonds is 8. The number of allylic oxidation sites excluding steroid dienone is 4. The van der Waals surface area contributed by atoms with E-state index in [0.717, 1.165) is 19.3 Å². The second kappa shape index (κ2) is 10.5. The molecule has 8 nitrogen and oxygen atoms in total. The van der Waals surface area contributed by atoms with Crippen molar-refractivity contribution < 1.29 is 38.1 Å². The molecule has 0 aromatic carbocycles. The third-order valence-corrected chi connectivity index (χ3v) is 10.3. The lowest BCUT2D eigenvalue weighted by molar-refractivity contribution is -0.219. The van der Waals surface area contributed by atoms with Gasteiger partial charge in [0.2, 0.25) is 5.78 Å². The number of ether oxygens (including phenoxy) is 2. The minimum atomic E-state index is -2.07. The average molecular weight is 548 g/mol. The molecule has 3 fully saturated rings. The summed E-state index contributed by atoms with van der Waals surface area (Å²) in [5.41, 5.74) is -5.41. The van der Waals surface area contributed by atoms with Gasteiger partial charge in [-0.15, -0.1) is 0 Å². The number of hydrogen-bond acceptors (Lipinski definition) is 7. The summed E-state index contributed by atoms with van der Waals surface area (Å²) in [5.74, 6) is -2.96. The van der Waals surface area contributed by atoms with Crippen LogP contribution in [-0.2, 0) is 23.9 Å². The molecule has 0 heterocycles. The zero-order valence-electron chi connectivity index (χ0n) is 23.7. The van der Waals surface area contributed by atoms with Crippen molar-refractivity contribution in [2.45, 2.75) is 96.9 Å². The van der Waals surface area contributed by atoms with Crippen LogP contribution in [0.25, 0.3) is 0 Å². The Labute approximate surface area is 229 Å². The lowest BCUT2D eigenvalue weighted by atomic mass is 9.44. The van der Waals surface area contributed by atoms with E-state index in [2.05, 4.69) is 5.32 Å². The fourth-order valence-electron chi connectivity index (χ4n) is 8.42. The Morgan fingerprint density at radius 2 is 1.92 bits per heavy atom. The first kappa shape index (κ1) is 29.4. The normalized spacial score (nSPS) is 40.6. The van der Waals surface area contributed by atoms with Crippen LogP contribution >= 0.6 is 0 Å². The molecule has 0 aromatic heterocycles. The van der Waals surface area contributed by atoms with Crippen molar-refractivity contribution >= 4 is 23.6 Å². The van der Waals surface area contributed by atoms with Crippen LogP contribution in [0, 0.1) is 28.6 Å². The van der Waals surface area contributed by atoms with Gasteiger partial charge in [-0.2, -0.15) is 0 Å². The SMILES string of the molecule is CCCCCNC(=O)O[C@]1(C(=O)COC(C)=O)[C@@H](C)C[C@H]2[C@@H]3CCC4=CC(=O)C=C[C@]4(C)[C@@]3(F)[C@@H](O)C[C@@]21C. The van der Waals surface area contributed by atoms with Gasteiger partial charge in [0, 0.05) is 36.1 Å². The van der Waals surface area contributed by atoms with Gasteiger partial charge in [-0.25, -0.2) is 9.18 Å². The standard InChI is InChI=1S/C30H42FNO7/c1-6-7-8-13-32-26(37)39-30(25(36)17-38-19(3)33)18(2)14-23-22-10-9-20-15-21(34)11-12-27(20,4)29(22,31)24(35)16-28(23,30)5/h11-12,15,18,22-24,35H,6-10,13-14,16-17H2,1-5H3,(H,32,37)/t18-,22-,23-,24-,27-,28-,29-,30-/m0/s1. The van der Waals surface area contributed by atoms with Gasteiger partial charge in [0.15, 0.2) is 23.7 Å². The van der Waals surface area contributed by atoms with Crippen LogP contribution < -0.4 is 5.32 Å². The number of Topliss-reactive ketones (excluding diaryl/α,β-unsaturated/α-hetero) is 1. The Bertz CT molecular complexity index is 1100. The van der Waals surface area contributed by atoms with Crippen LogP contribution in [0.1, 0.15) is 79.6 Å². The zero-order valence-corrected chi connectivity index (χ0v) is 23.7. The fraction of sp³-hybridized carbons (Fsp3) is 0.733. The highest BCUT2D eigenvalue weighted by Crippen LogP contribution is 2.71. The van der Waals surface area contributed by atoms with Crippen LogP contribution in [0.2, 0.25) is 0 Å². The maximum Gasteiger partial charge on any atom is 0.408 e. The molecule has 8 atom stereocenters. The number of aliphatic hydroxyl groups is 1. The quantitative estimate of drug-likeness (QED) is 0.342. The lowest BCUT2D eigenvalue weighted by Gasteiger charge is -2.62. The van der Waals surface area contributed by atoms with Crippen molar-refractivity contribution in [3.63, 3.8) is 0 Å². The lowest BCUT2D eigenvalue weighted by Crippen LogP contribution is -2.70. The number of hydrogen-bond donors (Lipinski definition) is 2. The number of fused-ring (bicyclic) bond motifs is 5. The first-order chi connectivity index (χ1) is 18.3. The molecule has 0 radical (unpaired) electrons. The molecule has 0 aliphatic heterocycles. The molecule has 216 valence electrons. The highest BCUT2D eigenvalue weighted by Gasteiger charge is 2.77. The predicted octanol–water partition coefficient (Wildman–Crippen LogP) is 4.39. The van der Waals surface area contributed by atoms with Crippen molar-refractivity contribution in [1.29, 1.82) is 0 Å². The van der Waals surface area contributed by atoms with Gasteiger partial charge in [0.1, 0.15) is 0 Å². The molecule has 0 spiro atoms. The molecule has 0 aromatic rings. The van der Waals surface area contributed by atoms with E-state index in [0.29, 0.717) is 31.4 Å². The molecule has 0 unspecified atom stereocenters. The van der Waals surface area contributed by atoms with Crippen LogP contribution in [0.5, 0.6) is 0 Å². The molecule has 9 heteroatoms. The highest BCUT2D eigenvalue weighted by molar-refractivity contribution is 6.01. The topological polar surface area (TPSA) is 119 Å². The van der Waals surface area contributed by atoms with E-state index in [-0.39, 0.29) is 12.2 Å². The molecule has 1 amide bonds. The molecule has 2 N–H and O–H groups in total. The molecule has 0 bridgehead atoms. The number of ketones is 2. The van der Waals surface area contributed by atoms with Gasteiger partial charge < -0.3 is 19.9 Å². The van der Waals surface area contributed by atoms with E-state index in [9.17, 15) is 24.3 Å². The molecule has 4 aliphatic rings. The number of carbonyl (C=O) groups is 4. The van der Waals surface area contributed by atoms with Crippen LogP contribution in [0.3, 0.4) is 0 Å². The Hall–Kier alpha value is -2.55. The van der Waals surface area contributed by atoms with Crippen molar-refractivity contribution in [2.75, 3.05) is 13.2 Å². The molecule has 4 aliphatic carbocycles. The van der Waals surface area contributed by atoms with E-state index >= 15 is 4.39 Å². The number of aliphatic hydroxyl groups excluding tert-OH is 1. The average Bonchev–Trinajstić information content (AvgIpc) is 3.08. The maximum atomic E-state index is 17.5. The summed E-state index contributed by atoms with van der Waals surface area (Å²) in [6, 6.07) is 0. The van der Waals surface area contributed by atoms with Crippen LogP contribution in [0.4, 0.5) is 9.18 Å². The summed E-state index contributed by atoms with van der Waals surface area (Å²) >= 11 is 0. The first-order valence-corrected chi connectivity index (χ1v) is 14.2. The molecular weight excluding hydrogens is 505 g/mol. The number of alkyl halides is 1. The smallest absolute Gasteiger partial charge is 0.408 e. The summed E-state index contributed by atoms with van der Waals surface area (Å²) in [4.78, 5) is 50.7. The number of halogens is 1. The fourth-order valence-corrected chi connectivity index (χ4v) is 8.42. The Kier molecular flexibility index (Phi) is 7.89. The van der Waals surface area contributed by atoms with Crippen molar-refractivity contribution in [1.82, 2.24) is 5.32 Å². The van der Waals surface area contributed by atoms with Crippen LogP contribution in [0.15, 0.2) is 23.8 Å². The third kappa shape index (κ3) is 4.35. The largest absolute Gasteiger partial charge is 0.458 e. The number of amides is 1. The van der Waals surface area contributed by atoms with Crippen molar-refractivity contribution in [2.24, 2.45) is 28.6 Å². The summed E-state index contributed by atoms with van der Waals surface area (Å²) in [6.45, 7) is 8.38. The highest BCUT2D eigenvalue weighted by atomic mass is 19.1. The van der Waals surface area contributed by atoms with E-state index in [4.69, 9.17) is 9.47 Å². The third-order valence-electron chi connectivity index (χ3n) is 10.3. The molecule has 0 saturated heterocycles.